The summed E-state index contributed by atoms with van der Waals surface area (Å²) >= 11 is 6.07. The molecule has 0 fully saturated rings. The van der Waals surface area contributed by atoms with Gasteiger partial charge in [-0.25, -0.2) is 13.9 Å². The van der Waals surface area contributed by atoms with E-state index in [-0.39, 0.29) is 5.82 Å². The van der Waals surface area contributed by atoms with Crippen molar-refractivity contribution in [2.75, 3.05) is 0 Å². The first-order valence-electron chi connectivity index (χ1n) is 7.07. The van der Waals surface area contributed by atoms with E-state index in [0.717, 1.165) is 28.0 Å². The Bertz CT molecular complexity index is 993. The first-order valence-corrected chi connectivity index (χ1v) is 7.45. The van der Waals surface area contributed by atoms with Crippen LogP contribution in [0.5, 0.6) is 0 Å². The fraction of sp³-hybridized carbons (Fsp3) is 0. The van der Waals surface area contributed by atoms with Crippen molar-refractivity contribution in [2.45, 2.75) is 0 Å². The molecule has 2 aromatic heterocycles. The van der Waals surface area contributed by atoms with E-state index in [9.17, 15) is 4.39 Å². The van der Waals surface area contributed by atoms with Gasteiger partial charge in [-0.2, -0.15) is 5.10 Å². The van der Waals surface area contributed by atoms with E-state index in [2.05, 4.69) is 10.1 Å². The van der Waals surface area contributed by atoms with E-state index in [1.807, 2.05) is 30.3 Å². The second-order valence-electron chi connectivity index (χ2n) is 5.14. The summed E-state index contributed by atoms with van der Waals surface area (Å²) in [6, 6.07) is 15.7. The van der Waals surface area contributed by atoms with Crippen molar-refractivity contribution in [3.63, 3.8) is 0 Å². The zero-order valence-electron chi connectivity index (χ0n) is 11.9. The van der Waals surface area contributed by atoms with Gasteiger partial charge in [0.2, 0.25) is 0 Å². The number of aromatic nitrogens is 3. The van der Waals surface area contributed by atoms with Gasteiger partial charge >= 0.3 is 0 Å². The van der Waals surface area contributed by atoms with Crippen LogP contribution < -0.4 is 0 Å². The summed E-state index contributed by atoms with van der Waals surface area (Å²) < 4.78 is 14.9. The lowest BCUT2D eigenvalue weighted by atomic mass is 10.1. The highest BCUT2D eigenvalue weighted by atomic mass is 35.5. The standard InChI is InChI=1S/C18H11ClFN3/c19-14-3-1-2-13(10-14)16-11-22-23-17(8-9-21-18(16)23)12-4-6-15(20)7-5-12/h1-11H. The van der Waals surface area contributed by atoms with E-state index in [0.29, 0.717) is 5.02 Å². The number of hydrogen-bond acceptors (Lipinski definition) is 2. The summed E-state index contributed by atoms with van der Waals surface area (Å²) in [5.41, 5.74) is 4.31. The molecule has 0 radical (unpaired) electrons. The Balaban J connectivity index is 1.91. The normalized spacial score (nSPS) is 11.0. The van der Waals surface area contributed by atoms with Gasteiger partial charge < -0.3 is 0 Å². The van der Waals surface area contributed by atoms with Crippen LogP contribution in [0.3, 0.4) is 0 Å². The summed E-state index contributed by atoms with van der Waals surface area (Å²) in [4.78, 5) is 4.43. The molecule has 5 heteroatoms. The molecule has 2 heterocycles. The minimum atomic E-state index is -0.265. The summed E-state index contributed by atoms with van der Waals surface area (Å²) in [5, 5.41) is 5.10. The number of nitrogens with zero attached hydrogens (tertiary/aromatic N) is 3. The monoisotopic (exact) mass is 323 g/mol. The molecule has 0 N–H and O–H groups in total. The van der Waals surface area contributed by atoms with Crippen LogP contribution in [0.4, 0.5) is 4.39 Å². The Morgan fingerprint density at radius 2 is 1.78 bits per heavy atom. The van der Waals surface area contributed by atoms with Crippen molar-refractivity contribution in [1.29, 1.82) is 0 Å². The Kier molecular flexibility index (Phi) is 3.32. The van der Waals surface area contributed by atoms with Crippen molar-refractivity contribution >= 4 is 17.2 Å². The van der Waals surface area contributed by atoms with Gasteiger partial charge in [0.05, 0.1) is 11.9 Å². The third-order valence-electron chi connectivity index (χ3n) is 3.68. The highest BCUT2D eigenvalue weighted by Crippen LogP contribution is 2.28. The molecule has 0 atom stereocenters. The van der Waals surface area contributed by atoms with Crippen LogP contribution in [-0.4, -0.2) is 14.6 Å². The molecule has 23 heavy (non-hydrogen) atoms. The average Bonchev–Trinajstić information content (AvgIpc) is 3.00. The summed E-state index contributed by atoms with van der Waals surface area (Å²) in [5.74, 6) is -0.265. The van der Waals surface area contributed by atoms with Crippen LogP contribution in [0.25, 0.3) is 28.0 Å². The van der Waals surface area contributed by atoms with Crippen molar-refractivity contribution in [1.82, 2.24) is 14.6 Å². The highest BCUT2D eigenvalue weighted by Gasteiger charge is 2.12. The van der Waals surface area contributed by atoms with Gasteiger partial charge in [-0.05, 0) is 48.0 Å². The molecule has 0 unspecified atom stereocenters. The zero-order chi connectivity index (χ0) is 15.8. The lowest BCUT2D eigenvalue weighted by molar-refractivity contribution is 0.628. The first-order chi connectivity index (χ1) is 11.2. The van der Waals surface area contributed by atoms with Crippen LogP contribution in [0, 0.1) is 5.82 Å². The number of fused-ring (bicyclic) bond motifs is 1. The van der Waals surface area contributed by atoms with Crippen molar-refractivity contribution in [2.24, 2.45) is 0 Å². The lowest BCUT2D eigenvalue weighted by Gasteiger charge is -2.05. The number of rotatable bonds is 2. The van der Waals surface area contributed by atoms with Gasteiger partial charge in [0.1, 0.15) is 5.82 Å². The largest absolute Gasteiger partial charge is 0.236 e. The Labute approximate surface area is 137 Å². The maximum atomic E-state index is 13.1. The average molecular weight is 324 g/mol. The Hall–Kier alpha value is -2.72. The van der Waals surface area contributed by atoms with E-state index >= 15 is 0 Å². The highest BCUT2D eigenvalue weighted by molar-refractivity contribution is 6.30. The maximum Gasteiger partial charge on any atom is 0.163 e. The van der Waals surface area contributed by atoms with E-state index in [1.54, 1.807) is 29.0 Å². The van der Waals surface area contributed by atoms with Crippen LogP contribution in [0.1, 0.15) is 0 Å². The quantitative estimate of drug-likeness (QED) is 0.527. The summed E-state index contributed by atoms with van der Waals surface area (Å²) in [6.45, 7) is 0. The fourth-order valence-corrected chi connectivity index (χ4v) is 2.78. The third-order valence-corrected chi connectivity index (χ3v) is 3.91. The van der Waals surface area contributed by atoms with E-state index in [4.69, 9.17) is 11.6 Å². The molecule has 2 aromatic carbocycles. The predicted octanol–water partition coefficient (Wildman–Crippen LogP) is 4.86. The molecule has 3 nitrogen and oxygen atoms in total. The molecule has 0 saturated carbocycles. The minimum absolute atomic E-state index is 0.265. The summed E-state index contributed by atoms with van der Waals surface area (Å²) in [6.07, 6.45) is 3.49. The smallest absolute Gasteiger partial charge is 0.163 e. The van der Waals surface area contributed by atoms with E-state index < -0.39 is 0 Å². The molecule has 0 aliphatic rings. The molecule has 0 saturated heterocycles. The van der Waals surface area contributed by atoms with Crippen molar-refractivity contribution in [3.8, 4) is 22.4 Å². The molecule has 4 aromatic rings. The van der Waals surface area contributed by atoms with E-state index in [1.165, 1.54) is 12.1 Å². The minimum Gasteiger partial charge on any atom is -0.236 e. The SMILES string of the molecule is Fc1ccc(-c2ccnc3c(-c4cccc(Cl)c4)cnn23)cc1. The molecular formula is C18H11ClFN3. The van der Waals surface area contributed by atoms with Gasteiger partial charge in [-0.15, -0.1) is 0 Å². The van der Waals surface area contributed by atoms with Gasteiger partial charge in [0.15, 0.2) is 5.65 Å². The molecule has 0 aliphatic heterocycles. The van der Waals surface area contributed by atoms with Gasteiger partial charge in [-0.3, -0.25) is 0 Å². The third kappa shape index (κ3) is 2.47. The van der Waals surface area contributed by atoms with Gasteiger partial charge in [0.25, 0.3) is 0 Å². The van der Waals surface area contributed by atoms with Crippen molar-refractivity contribution < 1.29 is 4.39 Å². The lowest BCUT2D eigenvalue weighted by Crippen LogP contribution is -1.95. The molecule has 0 aliphatic carbocycles. The molecule has 112 valence electrons. The molecule has 0 bridgehead atoms. The van der Waals surface area contributed by atoms with Crippen LogP contribution in [0.2, 0.25) is 5.02 Å². The second-order valence-corrected chi connectivity index (χ2v) is 5.58. The van der Waals surface area contributed by atoms with Crippen molar-refractivity contribution in [3.05, 3.63) is 77.8 Å². The number of benzene rings is 2. The Morgan fingerprint density at radius 1 is 0.957 bits per heavy atom. The zero-order valence-corrected chi connectivity index (χ0v) is 12.7. The Morgan fingerprint density at radius 3 is 2.57 bits per heavy atom. The molecular weight excluding hydrogens is 313 g/mol. The maximum absolute atomic E-state index is 13.1. The van der Waals surface area contributed by atoms with Crippen LogP contribution >= 0.6 is 11.6 Å². The number of hydrogen-bond donors (Lipinski definition) is 0. The topological polar surface area (TPSA) is 30.2 Å². The van der Waals surface area contributed by atoms with Gasteiger partial charge in [0, 0.05) is 22.3 Å². The van der Waals surface area contributed by atoms with Crippen LogP contribution in [0.15, 0.2) is 67.0 Å². The summed E-state index contributed by atoms with van der Waals surface area (Å²) in [7, 11) is 0. The van der Waals surface area contributed by atoms with Gasteiger partial charge in [-0.1, -0.05) is 23.7 Å². The molecule has 4 rings (SSSR count). The molecule has 0 amide bonds. The predicted molar refractivity (Wildman–Crippen MR) is 88.8 cm³/mol. The second kappa shape index (κ2) is 5.48. The number of halogens is 2. The van der Waals surface area contributed by atoms with Crippen LogP contribution in [-0.2, 0) is 0 Å². The fourth-order valence-electron chi connectivity index (χ4n) is 2.59. The first kappa shape index (κ1) is 13.9. The molecule has 0 spiro atoms.